The molecule has 1 aromatic heterocycles. The highest BCUT2D eigenvalue weighted by Crippen LogP contribution is 2.35. The number of anilines is 1. The summed E-state index contributed by atoms with van der Waals surface area (Å²) in [7, 11) is 0. The molecule has 0 amide bonds. The van der Waals surface area contributed by atoms with Gasteiger partial charge in [-0.15, -0.1) is 10.2 Å². The zero-order valence-electron chi connectivity index (χ0n) is 12.2. The highest BCUT2D eigenvalue weighted by atomic mass is 16.4. The molecule has 0 spiro atoms. The summed E-state index contributed by atoms with van der Waals surface area (Å²) in [5.41, 5.74) is 1.31. The summed E-state index contributed by atoms with van der Waals surface area (Å²) in [5.74, 6) is 0.116. The van der Waals surface area contributed by atoms with Gasteiger partial charge in [-0.05, 0) is 30.7 Å². The molecule has 3 atom stereocenters. The van der Waals surface area contributed by atoms with Crippen LogP contribution in [0.2, 0.25) is 0 Å². The van der Waals surface area contributed by atoms with E-state index >= 15 is 0 Å². The van der Waals surface area contributed by atoms with E-state index in [4.69, 9.17) is 0 Å². The maximum absolute atomic E-state index is 11.4. The summed E-state index contributed by atoms with van der Waals surface area (Å²) < 4.78 is 0. The SMILES string of the molecule is CC1CCC(Nc2c(C(=O)O)nnc3ccccc23)C1C. The van der Waals surface area contributed by atoms with Crippen molar-refractivity contribution in [2.24, 2.45) is 11.8 Å². The molecule has 3 rings (SSSR count). The molecule has 5 heteroatoms. The topological polar surface area (TPSA) is 75.1 Å². The summed E-state index contributed by atoms with van der Waals surface area (Å²) >= 11 is 0. The number of aromatic nitrogens is 2. The van der Waals surface area contributed by atoms with Crippen molar-refractivity contribution >= 4 is 22.6 Å². The largest absolute Gasteiger partial charge is 0.476 e. The highest BCUT2D eigenvalue weighted by Gasteiger charge is 2.31. The number of benzene rings is 1. The van der Waals surface area contributed by atoms with Crippen LogP contribution in [0.4, 0.5) is 5.69 Å². The van der Waals surface area contributed by atoms with Gasteiger partial charge in [0.05, 0.1) is 11.2 Å². The Morgan fingerprint density at radius 3 is 2.67 bits per heavy atom. The second-order valence-electron chi connectivity index (χ2n) is 5.91. The van der Waals surface area contributed by atoms with Crippen LogP contribution >= 0.6 is 0 Å². The molecule has 2 aromatic rings. The lowest BCUT2D eigenvalue weighted by Gasteiger charge is -2.22. The minimum Gasteiger partial charge on any atom is -0.476 e. The molecule has 110 valence electrons. The Labute approximate surface area is 123 Å². The molecule has 1 aliphatic rings. The van der Waals surface area contributed by atoms with Crippen LogP contribution in [0, 0.1) is 11.8 Å². The molecule has 1 saturated carbocycles. The molecular formula is C16H19N3O2. The Kier molecular flexibility index (Phi) is 3.49. The monoisotopic (exact) mass is 285 g/mol. The lowest BCUT2D eigenvalue weighted by atomic mass is 9.97. The van der Waals surface area contributed by atoms with E-state index in [-0.39, 0.29) is 11.7 Å². The van der Waals surface area contributed by atoms with Gasteiger partial charge in [-0.3, -0.25) is 0 Å². The van der Waals surface area contributed by atoms with Gasteiger partial charge in [0.25, 0.3) is 0 Å². The Morgan fingerprint density at radius 1 is 1.24 bits per heavy atom. The number of nitrogens with one attached hydrogen (secondary N) is 1. The highest BCUT2D eigenvalue weighted by molar-refractivity contribution is 6.02. The molecule has 0 radical (unpaired) electrons. The van der Waals surface area contributed by atoms with Gasteiger partial charge >= 0.3 is 5.97 Å². The minimum atomic E-state index is -1.05. The van der Waals surface area contributed by atoms with Gasteiger partial charge in [0.2, 0.25) is 0 Å². The molecule has 0 aliphatic heterocycles. The van der Waals surface area contributed by atoms with Gasteiger partial charge < -0.3 is 10.4 Å². The molecule has 2 N–H and O–H groups in total. The van der Waals surface area contributed by atoms with Crippen LogP contribution in [0.15, 0.2) is 24.3 Å². The summed E-state index contributed by atoms with van der Waals surface area (Å²) in [4.78, 5) is 11.4. The van der Waals surface area contributed by atoms with Crippen molar-refractivity contribution in [2.75, 3.05) is 5.32 Å². The van der Waals surface area contributed by atoms with Gasteiger partial charge in [-0.25, -0.2) is 4.79 Å². The van der Waals surface area contributed by atoms with Crippen molar-refractivity contribution in [2.45, 2.75) is 32.7 Å². The van der Waals surface area contributed by atoms with Crippen LogP contribution in [0.3, 0.4) is 0 Å². The van der Waals surface area contributed by atoms with Gasteiger partial charge in [-0.1, -0.05) is 32.0 Å². The van der Waals surface area contributed by atoms with Crippen molar-refractivity contribution in [3.8, 4) is 0 Å². The third kappa shape index (κ3) is 2.44. The van der Waals surface area contributed by atoms with E-state index in [1.54, 1.807) is 0 Å². The first-order chi connectivity index (χ1) is 10.1. The first kappa shape index (κ1) is 13.8. The summed E-state index contributed by atoms with van der Waals surface area (Å²) in [5, 5.41) is 21.5. The van der Waals surface area contributed by atoms with E-state index in [2.05, 4.69) is 29.4 Å². The lowest BCUT2D eigenvalue weighted by molar-refractivity contribution is 0.0690. The molecule has 1 heterocycles. The number of hydrogen-bond acceptors (Lipinski definition) is 4. The minimum absolute atomic E-state index is 0.000420. The first-order valence-corrected chi connectivity index (χ1v) is 7.33. The predicted molar refractivity (Wildman–Crippen MR) is 81.5 cm³/mol. The Balaban J connectivity index is 2.06. The quantitative estimate of drug-likeness (QED) is 0.906. The van der Waals surface area contributed by atoms with Crippen molar-refractivity contribution in [1.82, 2.24) is 10.2 Å². The molecule has 1 fully saturated rings. The number of carboxylic acids is 1. The van der Waals surface area contributed by atoms with E-state index < -0.39 is 5.97 Å². The van der Waals surface area contributed by atoms with E-state index in [0.717, 1.165) is 18.2 Å². The summed E-state index contributed by atoms with van der Waals surface area (Å²) in [6.45, 7) is 4.46. The van der Waals surface area contributed by atoms with Crippen molar-refractivity contribution < 1.29 is 9.90 Å². The number of aromatic carboxylic acids is 1. The molecule has 5 nitrogen and oxygen atoms in total. The van der Waals surface area contributed by atoms with E-state index in [1.165, 1.54) is 0 Å². The maximum atomic E-state index is 11.4. The first-order valence-electron chi connectivity index (χ1n) is 7.33. The van der Waals surface area contributed by atoms with Crippen LogP contribution in [0.5, 0.6) is 0 Å². The average molecular weight is 285 g/mol. The summed E-state index contributed by atoms with van der Waals surface area (Å²) in [6, 6.07) is 7.79. The normalized spacial score (nSPS) is 25.1. The molecule has 0 bridgehead atoms. The zero-order chi connectivity index (χ0) is 15.0. The molecule has 0 saturated heterocycles. The fourth-order valence-electron chi connectivity index (χ4n) is 3.10. The predicted octanol–water partition coefficient (Wildman–Crippen LogP) is 3.17. The third-order valence-electron chi connectivity index (χ3n) is 4.67. The van der Waals surface area contributed by atoms with Crippen molar-refractivity contribution in [3.05, 3.63) is 30.0 Å². The van der Waals surface area contributed by atoms with E-state index in [0.29, 0.717) is 23.0 Å². The van der Waals surface area contributed by atoms with Gasteiger partial charge in [0, 0.05) is 11.4 Å². The second-order valence-corrected chi connectivity index (χ2v) is 5.91. The lowest BCUT2D eigenvalue weighted by Crippen LogP contribution is -2.25. The number of nitrogens with zero attached hydrogens (tertiary/aromatic N) is 2. The van der Waals surface area contributed by atoms with E-state index in [9.17, 15) is 9.90 Å². The number of fused-ring (bicyclic) bond motifs is 1. The van der Waals surface area contributed by atoms with Crippen LogP contribution in [0.25, 0.3) is 10.9 Å². The van der Waals surface area contributed by atoms with Crippen LogP contribution in [0.1, 0.15) is 37.2 Å². The van der Waals surface area contributed by atoms with Crippen LogP contribution in [-0.2, 0) is 0 Å². The Hall–Kier alpha value is -2.17. The molecule has 3 unspecified atom stereocenters. The average Bonchev–Trinajstić information content (AvgIpc) is 2.79. The number of carbonyl (C=O) groups is 1. The fraction of sp³-hybridized carbons (Fsp3) is 0.438. The van der Waals surface area contributed by atoms with Crippen molar-refractivity contribution in [3.63, 3.8) is 0 Å². The van der Waals surface area contributed by atoms with Gasteiger partial charge in [0.15, 0.2) is 5.69 Å². The summed E-state index contributed by atoms with van der Waals surface area (Å²) in [6.07, 6.45) is 2.22. The van der Waals surface area contributed by atoms with Crippen LogP contribution < -0.4 is 5.32 Å². The molecule has 21 heavy (non-hydrogen) atoms. The smallest absolute Gasteiger partial charge is 0.358 e. The zero-order valence-corrected chi connectivity index (χ0v) is 12.2. The molecule has 1 aliphatic carbocycles. The maximum Gasteiger partial charge on any atom is 0.358 e. The fourth-order valence-corrected chi connectivity index (χ4v) is 3.10. The number of hydrogen-bond donors (Lipinski definition) is 2. The Morgan fingerprint density at radius 2 is 2.00 bits per heavy atom. The van der Waals surface area contributed by atoms with Gasteiger partial charge in [0.1, 0.15) is 0 Å². The van der Waals surface area contributed by atoms with E-state index in [1.807, 2.05) is 24.3 Å². The standard InChI is InChI=1S/C16H19N3O2/c1-9-7-8-12(10(9)2)17-14-11-5-3-4-6-13(11)18-19-15(14)16(20)21/h3-6,9-10,12H,7-8H2,1-2H3,(H,17,18)(H,20,21). The number of rotatable bonds is 3. The van der Waals surface area contributed by atoms with Gasteiger partial charge in [-0.2, -0.15) is 0 Å². The van der Waals surface area contributed by atoms with Crippen molar-refractivity contribution in [1.29, 1.82) is 0 Å². The molecular weight excluding hydrogens is 266 g/mol. The number of carboxylic acid groups (broad SMARTS) is 1. The van der Waals surface area contributed by atoms with Crippen LogP contribution in [-0.4, -0.2) is 27.3 Å². The third-order valence-corrected chi connectivity index (χ3v) is 4.67. The Bertz CT molecular complexity index is 686. The molecule has 1 aromatic carbocycles. The second kappa shape index (κ2) is 5.31.